The first-order valence-corrected chi connectivity index (χ1v) is 12.5. The number of furan rings is 1. The molecule has 1 aromatic heterocycles. The van der Waals surface area contributed by atoms with Gasteiger partial charge in [-0.25, -0.2) is 0 Å². The maximum absolute atomic E-state index is 13.9. The third-order valence-corrected chi connectivity index (χ3v) is 6.89. The molecular weight excluding hydrogens is 480 g/mol. The van der Waals surface area contributed by atoms with E-state index >= 15 is 0 Å². The number of carbonyl (C=O) groups excluding carboxylic acids is 2. The molecule has 7 nitrogen and oxygen atoms in total. The molecular formula is C28H31ClN2O5. The number of benzene rings is 2. The predicted molar refractivity (Wildman–Crippen MR) is 137 cm³/mol. The summed E-state index contributed by atoms with van der Waals surface area (Å²) in [6, 6.07) is 14.9. The van der Waals surface area contributed by atoms with E-state index in [0.717, 1.165) is 31.2 Å². The molecule has 1 fully saturated rings. The van der Waals surface area contributed by atoms with E-state index in [1.54, 1.807) is 43.5 Å². The molecule has 0 bridgehead atoms. The molecule has 3 aromatic rings. The molecule has 1 atom stereocenters. The number of methoxy groups -OCH3 is 2. The molecule has 1 N–H and O–H groups in total. The van der Waals surface area contributed by atoms with Crippen molar-refractivity contribution >= 4 is 23.4 Å². The molecule has 1 aliphatic carbocycles. The summed E-state index contributed by atoms with van der Waals surface area (Å²) in [6.07, 6.45) is 6.58. The number of amides is 2. The van der Waals surface area contributed by atoms with Crippen molar-refractivity contribution in [3.8, 4) is 11.5 Å². The summed E-state index contributed by atoms with van der Waals surface area (Å²) in [6.45, 7) is 0.107. The van der Waals surface area contributed by atoms with Gasteiger partial charge in [-0.05, 0) is 54.3 Å². The van der Waals surface area contributed by atoms with E-state index in [0.29, 0.717) is 22.1 Å². The lowest BCUT2D eigenvalue weighted by Gasteiger charge is -2.33. The molecule has 8 heteroatoms. The Labute approximate surface area is 216 Å². The minimum absolute atomic E-state index is 0.0646. The Morgan fingerprint density at radius 2 is 1.78 bits per heavy atom. The van der Waals surface area contributed by atoms with Gasteiger partial charge in [0.1, 0.15) is 6.04 Å². The molecule has 1 heterocycles. The fraction of sp³-hybridized carbons (Fsp3) is 0.357. The lowest BCUT2D eigenvalue weighted by Crippen LogP contribution is -2.46. The minimum Gasteiger partial charge on any atom is -0.493 e. The topological polar surface area (TPSA) is 81.0 Å². The zero-order valence-corrected chi connectivity index (χ0v) is 21.3. The molecule has 1 saturated carbocycles. The fourth-order valence-corrected chi connectivity index (χ4v) is 4.85. The first-order chi connectivity index (χ1) is 17.5. The van der Waals surface area contributed by atoms with E-state index in [4.69, 9.17) is 25.5 Å². The van der Waals surface area contributed by atoms with Gasteiger partial charge in [0.05, 0.1) is 20.5 Å². The highest BCUT2D eigenvalue weighted by atomic mass is 35.5. The van der Waals surface area contributed by atoms with Gasteiger partial charge in [-0.2, -0.15) is 0 Å². The number of hydrogen-bond acceptors (Lipinski definition) is 5. The van der Waals surface area contributed by atoms with Gasteiger partial charge >= 0.3 is 0 Å². The quantitative estimate of drug-likeness (QED) is 0.394. The number of ether oxygens (including phenoxy) is 2. The van der Waals surface area contributed by atoms with Crippen LogP contribution in [0, 0.1) is 0 Å². The van der Waals surface area contributed by atoms with Crippen molar-refractivity contribution < 1.29 is 23.5 Å². The van der Waals surface area contributed by atoms with Crippen LogP contribution in [0.1, 0.15) is 59.8 Å². The average molecular weight is 511 g/mol. The van der Waals surface area contributed by atoms with Crippen LogP contribution in [0.25, 0.3) is 0 Å². The van der Waals surface area contributed by atoms with Crippen LogP contribution in [0.15, 0.2) is 65.3 Å². The fourth-order valence-electron chi connectivity index (χ4n) is 4.66. The monoisotopic (exact) mass is 510 g/mol. The van der Waals surface area contributed by atoms with Crippen molar-refractivity contribution in [2.45, 2.75) is 50.7 Å². The molecule has 0 radical (unpaired) electrons. The van der Waals surface area contributed by atoms with Crippen LogP contribution in [-0.4, -0.2) is 37.0 Å². The number of nitrogens with one attached hydrogen (secondary N) is 1. The van der Waals surface area contributed by atoms with Crippen LogP contribution in [0.2, 0.25) is 5.02 Å². The molecule has 4 rings (SSSR count). The van der Waals surface area contributed by atoms with Crippen molar-refractivity contribution in [1.82, 2.24) is 10.2 Å². The van der Waals surface area contributed by atoms with E-state index in [2.05, 4.69) is 5.32 Å². The molecule has 2 amide bonds. The van der Waals surface area contributed by atoms with E-state index in [1.807, 2.05) is 18.2 Å². The van der Waals surface area contributed by atoms with E-state index < -0.39 is 11.9 Å². The molecule has 0 unspecified atom stereocenters. The molecule has 190 valence electrons. The standard InChI is InChI=1S/C28H31ClN2O5/c1-34-23-15-14-19(17-25(23)35-2)26(27(32)30-21-10-4-3-5-11-21)31(28(33)24-13-8-16-36-24)18-20-9-6-7-12-22(20)29/h6-9,12-17,21,26H,3-5,10-11,18H2,1-2H3,(H,30,32)/t26-/m1/s1. The third-order valence-electron chi connectivity index (χ3n) is 6.53. The second-order valence-electron chi connectivity index (χ2n) is 8.86. The number of rotatable bonds is 9. The Kier molecular flexibility index (Phi) is 8.54. The zero-order chi connectivity index (χ0) is 25.5. The van der Waals surface area contributed by atoms with Gasteiger partial charge in [0.15, 0.2) is 17.3 Å². The van der Waals surface area contributed by atoms with Crippen molar-refractivity contribution in [2.24, 2.45) is 0 Å². The second kappa shape index (κ2) is 12.0. The first-order valence-electron chi connectivity index (χ1n) is 12.1. The van der Waals surface area contributed by atoms with Gasteiger partial charge < -0.3 is 24.1 Å². The molecule has 2 aromatic carbocycles. The summed E-state index contributed by atoms with van der Waals surface area (Å²) in [7, 11) is 3.09. The van der Waals surface area contributed by atoms with Gasteiger partial charge in [0, 0.05) is 17.6 Å². The molecule has 36 heavy (non-hydrogen) atoms. The molecule has 0 aliphatic heterocycles. The van der Waals surface area contributed by atoms with Crippen LogP contribution in [0.3, 0.4) is 0 Å². The highest BCUT2D eigenvalue weighted by Crippen LogP contribution is 2.34. The highest BCUT2D eigenvalue weighted by Gasteiger charge is 2.35. The van der Waals surface area contributed by atoms with Gasteiger partial charge in [0.2, 0.25) is 5.91 Å². The number of nitrogens with zero attached hydrogens (tertiary/aromatic N) is 1. The van der Waals surface area contributed by atoms with Crippen molar-refractivity contribution in [1.29, 1.82) is 0 Å². The van der Waals surface area contributed by atoms with Gasteiger partial charge in [-0.1, -0.05) is 55.1 Å². The van der Waals surface area contributed by atoms with Gasteiger partial charge in [-0.3, -0.25) is 9.59 Å². The lowest BCUT2D eigenvalue weighted by molar-refractivity contribution is -0.127. The first kappa shape index (κ1) is 25.6. The van der Waals surface area contributed by atoms with Crippen molar-refractivity contribution in [2.75, 3.05) is 14.2 Å². The summed E-state index contributed by atoms with van der Waals surface area (Å²) in [5.41, 5.74) is 1.31. The Balaban J connectivity index is 1.79. The van der Waals surface area contributed by atoms with Crippen LogP contribution in [-0.2, 0) is 11.3 Å². The summed E-state index contributed by atoms with van der Waals surface area (Å²) >= 11 is 6.47. The summed E-state index contributed by atoms with van der Waals surface area (Å²) in [5.74, 6) is 0.453. The largest absolute Gasteiger partial charge is 0.493 e. The highest BCUT2D eigenvalue weighted by molar-refractivity contribution is 6.31. The molecule has 1 aliphatic rings. The summed E-state index contributed by atoms with van der Waals surface area (Å²) < 4.78 is 16.3. The van der Waals surface area contributed by atoms with Crippen LogP contribution in [0.4, 0.5) is 0 Å². The Bertz CT molecular complexity index is 1170. The van der Waals surface area contributed by atoms with Crippen LogP contribution < -0.4 is 14.8 Å². The van der Waals surface area contributed by atoms with E-state index in [1.165, 1.54) is 24.7 Å². The maximum Gasteiger partial charge on any atom is 0.290 e. The van der Waals surface area contributed by atoms with Crippen molar-refractivity contribution in [3.05, 3.63) is 82.8 Å². The number of hydrogen-bond donors (Lipinski definition) is 1. The third kappa shape index (κ3) is 5.85. The zero-order valence-electron chi connectivity index (χ0n) is 20.5. The SMILES string of the molecule is COc1ccc([C@H](C(=O)NC2CCCCC2)N(Cc2ccccc2Cl)C(=O)c2ccco2)cc1OC. The Morgan fingerprint density at radius 1 is 1.03 bits per heavy atom. The van der Waals surface area contributed by atoms with E-state index in [9.17, 15) is 9.59 Å². The lowest BCUT2D eigenvalue weighted by atomic mass is 9.94. The van der Waals surface area contributed by atoms with Crippen molar-refractivity contribution in [3.63, 3.8) is 0 Å². The summed E-state index contributed by atoms with van der Waals surface area (Å²) in [4.78, 5) is 29.2. The minimum atomic E-state index is -0.958. The van der Waals surface area contributed by atoms with E-state index in [-0.39, 0.29) is 24.3 Å². The number of carbonyl (C=O) groups is 2. The molecule has 0 spiro atoms. The molecule has 0 saturated heterocycles. The Morgan fingerprint density at radius 3 is 2.44 bits per heavy atom. The van der Waals surface area contributed by atoms with Crippen LogP contribution in [0.5, 0.6) is 11.5 Å². The van der Waals surface area contributed by atoms with Gasteiger partial charge in [-0.15, -0.1) is 0 Å². The van der Waals surface area contributed by atoms with Gasteiger partial charge in [0.25, 0.3) is 5.91 Å². The van der Waals surface area contributed by atoms with Crippen LogP contribution >= 0.6 is 11.6 Å². The second-order valence-corrected chi connectivity index (χ2v) is 9.27. The normalized spacial score (nSPS) is 14.6. The smallest absolute Gasteiger partial charge is 0.290 e. The average Bonchev–Trinajstić information content (AvgIpc) is 3.44. The Hall–Kier alpha value is -3.45. The summed E-state index contributed by atoms with van der Waals surface area (Å²) in [5, 5.41) is 3.70. The predicted octanol–water partition coefficient (Wildman–Crippen LogP) is 5.78. The number of halogens is 1. The maximum atomic E-state index is 13.9.